The van der Waals surface area contributed by atoms with E-state index in [1.165, 1.54) is 0 Å². The number of hydrogen-bond donors (Lipinski definition) is 2. The molecule has 0 bridgehead atoms. The van der Waals surface area contributed by atoms with Crippen LogP contribution >= 0.6 is 0 Å². The minimum absolute atomic E-state index is 0.338. The second-order valence-electron chi connectivity index (χ2n) is 4.04. The molecule has 0 saturated carbocycles. The van der Waals surface area contributed by atoms with Crippen LogP contribution in [0.5, 0.6) is 0 Å². The van der Waals surface area contributed by atoms with Crippen molar-refractivity contribution < 1.29 is 9.90 Å². The van der Waals surface area contributed by atoms with Crippen LogP contribution in [-0.4, -0.2) is 16.1 Å². The topological polar surface area (TPSA) is 53.1 Å². The number of carboxylic acid groups (broad SMARTS) is 1. The molecule has 2 aliphatic carbocycles. The monoisotopic (exact) mass is 225 g/mol. The first-order valence-electron chi connectivity index (χ1n) is 5.47. The highest BCUT2D eigenvalue weighted by atomic mass is 16.4. The van der Waals surface area contributed by atoms with E-state index in [0.29, 0.717) is 5.57 Å². The first-order valence-corrected chi connectivity index (χ1v) is 5.47. The molecule has 0 spiro atoms. The van der Waals surface area contributed by atoms with Gasteiger partial charge in [0.1, 0.15) is 0 Å². The second kappa shape index (κ2) is 3.63. The Bertz CT molecular complexity index is 699. The van der Waals surface area contributed by atoms with Gasteiger partial charge >= 0.3 is 5.97 Å². The number of aliphatic carboxylic acids is 1. The number of aromatic amines is 1. The zero-order valence-corrected chi connectivity index (χ0v) is 9.10. The van der Waals surface area contributed by atoms with E-state index in [4.69, 9.17) is 5.11 Å². The number of rotatable bonds is 1. The summed E-state index contributed by atoms with van der Waals surface area (Å²) in [4.78, 5) is 14.3. The van der Waals surface area contributed by atoms with Crippen molar-refractivity contribution in [3.63, 3.8) is 0 Å². The summed E-state index contributed by atoms with van der Waals surface area (Å²) in [6.07, 6.45) is 14.2. The fourth-order valence-corrected chi connectivity index (χ4v) is 2.26. The van der Waals surface area contributed by atoms with E-state index in [9.17, 15) is 4.79 Å². The van der Waals surface area contributed by atoms with Crippen molar-refractivity contribution in [1.82, 2.24) is 4.98 Å². The van der Waals surface area contributed by atoms with E-state index >= 15 is 0 Å². The zero-order chi connectivity index (χ0) is 11.8. The number of carboxylic acids is 1. The Morgan fingerprint density at radius 1 is 1.24 bits per heavy atom. The SMILES string of the molecule is O=C(O)C1=c2[nH]c3c(c2CC=C1)C=CC=CC=3. The summed E-state index contributed by atoms with van der Waals surface area (Å²) in [6, 6.07) is 0. The number of hydrogen-bond acceptors (Lipinski definition) is 1. The van der Waals surface area contributed by atoms with E-state index in [-0.39, 0.29) is 0 Å². The van der Waals surface area contributed by atoms with Crippen molar-refractivity contribution in [2.24, 2.45) is 0 Å². The van der Waals surface area contributed by atoms with E-state index in [1.54, 1.807) is 6.08 Å². The Morgan fingerprint density at radius 2 is 2.12 bits per heavy atom. The molecule has 1 aromatic rings. The van der Waals surface area contributed by atoms with Gasteiger partial charge in [-0.3, -0.25) is 0 Å². The van der Waals surface area contributed by atoms with Gasteiger partial charge in [-0.1, -0.05) is 30.4 Å². The molecule has 1 aromatic heterocycles. The molecular weight excluding hydrogens is 214 g/mol. The number of nitrogens with one attached hydrogen (secondary N) is 1. The molecule has 0 radical (unpaired) electrons. The lowest BCUT2D eigenvalue weighted by Crippen LogP contribution is -2.21. The van der Waals surface area contributed by atoms with Crippen LogP contribution in [0.3, 0.4) is 0 Å². The van der Waals surface area contributed by atoms with Crippen molar-refractivity contribution in [1.29, 1.82) is 0 Å². The lowest BCUT2D eigenvalue weighted by atomic mass is 10.0. The minimum atomic E-state index is -0.891. The molecule has 17 heavy (non-hydrogen) atoms. The average Bonchev–Trinajstić information content (AvgIpc) is 2.52. The van der Waals surface area contributed by atoms with Crippen LogP contribution in [0.15, 0.2) is 30.4 Å². The lowest BCUT2D eigenvalue weighted by Gasteiger charge is -2.03. The molecule has 1 heterocycles. The van der Waals surface area contributed by atoms with Gasteiger partial charge in [0.25, 0.3) is 0 Å². The Morgan fingerprint density at radius 3 is 2.94 bits per heavy atom. The van der Waals surface area contributed by atoms with E-state index < -0.39 is 5.97 Å². The van der Waals surface area contributed by atoms with Crippen molar-refractivity contribution >= 4 is 23.7 Å². The molecule has 2 N–H and O–H groups in total. The summed E-state index contributed by atoms with van der Waals surface area (Å²) in [6.45, 7) is 0. The number of allylic oxidation sites excluding steroid dienone is 4. The molecule has 3 heteroatoms. The fraction of sp³-hybridized carbons (Fsp3) is 0.0714. The van der Waals surface area contributed by atoms with Gasteiger partial charge in [0.05, 0.1) is 10.9 Å². The predicted octanol–water partition coefficient (Wildman–Crippen LogP) is 0.726. The molecule has 0 atom stereocenters. The molecule has 0 unspecified atom stereocenters. The number of fused-ring (bicyclic) bond motifs is 3. The number of aromatic nitrogens is 1. The largest absolute Gasteiger partial charge is 0.478 e. The van der Waals surface area contributed by atoms with Crippen LogP contribution in [0.4, 0.5) is 0 Å². The van der Waals surface area contributed by atoms with Crippen molar-refractivity contribution in [2.45, 2.75) is 6.42 Å². The second-order valence-corrected chi connectivity index (χ2v) is 4.04. The van der Waals surface area contributed by atoms with Crippen molar-refractivity contribution in [3.05, 3.63) is 52.2 Å². The highest BCUT2D eigenvalue weighted by Gasteiger charge is 2.16. The van der Waals surface area contributed by atoms with Gasteiger partial charge in [-0.25, -0.2) is 4.79 Å². The molecule has 0 fully saturated rings. The Labute approximate surface area is 97.8 Å². The van der Waals surface area contributed by atoms with Gasteiger partial charge < -0.3 is 10.1 Å². The first-order chi connectivity index (χ1) is 8.27. The summed E-state index contributed by atoms with van der Waals surface area (Å²) in [5, 5.41) is 10.9. The minimum Gasteiger partial charge on any atom is -0.478 e. The third kappa shape index (κ3) is 1.47. The summed E-state index contributed by atoms with van der Waals surface area (Å²) in [7, 11) is 0. The summed E-state index contributed by atoms with van der Waals surface area (Å²) >= 11 is 0. The summed E-state index contributed by atoms with van der Waals surface area (Å²) in [5.41, 5.74) is 2.49. The number of H-pyrrole nitrogens is 1. The standard InChI is InChI=1S/C14H11NO2/c16-14(17)11-7-4-6-10-9-5-2-1-3-8-12(9)15-13(10)11/h1-5,7-8,15H,6H2,(H,16,17). The first kappa shape index (κ1) is 9.90. The van der Waals surface area contributed by atoms with E-state index in [1.807, 2.05) is 36.5 Å². The molecular formula is C14H11NO2. The predicted molar refractivity (Wildman–Crippen MR) is 66.6 cm³/mol. The van der Waals surface area contributed by atoms with Gasteiger partial charge in [0, 0.05) is 10.9 Å². The quantitative estimate of drug-likeness (QED) is 0.740. The number of carbonyl (C=O) groups is 1. The molecule has 3 nitrogen and oxygen atoms in total. The molecule has 84 valence electrons. The maximum atomic E-state index is 11.1. The average molecular weight is 225 g/mol. The Hall–Kier alpha value is -2.29. The van der Waals surface area contributed by atoms with Crippen molar-refractivity contribution in [3.8, 4) is 0 Å². The lowest BCUT2D eigenvalue weighted by molar-refractivity contribution is -0.130. The van der Waals surface area contributed by atoms with Crippen LogP contribution in [0, 0.1) is 0 Å². The third-order valence-corrected chi connectivity index (χ3v) is 3.03. The van der Waals surface area contributed by atoms with E-state index in [0.717, 1.165) is 28.2 Å². The molecule has 3 rings (SSSR count). The maximum Gasteiger partial charge on any atom is 0.337 e. The van der Waals surface area contributed by atoms with Gasteiger partial charge in [-0.15, -0.1) is 0 Å². The smallest absolute Gasteiger partial charge is 0.337 e. The molecule has 0 saturated heterocycles. The van der Waals surface area contributed by atoms with Crippen LogP contribution < -0.4 is 10.7 Å². The van der Waals surface area contributed by atoms with Gasteiger partial charge in [-0.05, 0) is 24.1 Å². The zero-order valence-electron chi connectivity index (χ0n) is 9.10. The Balaban J connectivity index is 2.42. The fourth-order valence-electron chi connectivity index (χ4n) is 2.26. The van der Waals surface area contributed by atoms with Gasteiger partial charge in [0.2, 0.25) is 0 Å². The highest BCUT2D eigenvalue weighted by Crippen LogP contribution is 2.12. The van der Waals surface area contributed by atoms with Crippen LogP contribution in [-0.2, 0) is 11.2 Å². The third-order valence-electron chi connectivity index (χ3n) is 3.03. The van der Waals surface area contributed by atoms with Crippen LogP contribution in [0.25, 0.3) is 17.7 Å². The highest BCUT2D eigenvalue weighted by molar-refractivity contribution is 6.12. The van der Waals surface area contributed by atoms with Gasteiger partial charge in [-0.2, -0.15) is 0 Å². The van der Waals surface area contributed by atoms with Crippen molar-refractivity contribution in [2.75, 3.05) is 0 Å². The van der Waals surface area contributed by atoms with Gasteiger partial charge in [0.15, 0.2) is 0 Å². The summed E-state index contributed by atoms with van der Waals surface area (Å²) in [5.74, 6) is -0.891. The van der Waals surface area contributed by atoms with E-state index in [2.05, 4.69) is 4.98 Å². The summed E-state index contributed by atoms with van der Waals surface area (Å²) < 4.78 is 0. The van der Waals surface area contributed by atoms with Crippen LogP contribution in [0.2, 0.25) is 0 Å². The molecule has 0 aromatic carbocycles. The molecule has 0 amide bonds. The normalized spacial score (nSPS) is 16.1. The Kier molecular flexibility index (Phi) is 2.11. The maximum absolute atomic E-state index is 11.1. The van der Waals surface area contributed by atoms with Crippen LogP contribution in [0.1, 0.15) is 11.1 Å². The molecule has 0 aliphatic heterocycles. The molecule has 2 aliphatic rings.